The van der Waals surface area contributed by atoms with Gasteiger partial charge in [-0.2, -0.15) is 0 Å². The summed E-state index contributed by atoms with van der Waals surface area (Å²) in [4.78, 5) is 6.85. The van der Waals surface area contributed by atoms with Gasteiger partial charge in [0.05, 0.1) is 5.69 Å². The molecule has 2 aliphatic rings. The number of aromatic hydroxyl groups is 1. The number of rotatable bonds is 5. The number of halogens is 1. The molecule has 2 fully saturated rings. The van der Waals surface area contributed by atoms with Gasteiger partial charge in [0.2, 0.25) is 0 Å². The maximum absolute atomic E-state index is 9.87. The van der Waals surface area contributed by atoms with E-state index >= 15 is 0 Å². The first kappa shape index (κ1) is 16.5. The SMILES string of the molecule is Cc1ccc(O)c(CN2CCC(NCC3CC3)CC2)n1.Cl. The zero-order valence-corrected chi connectivity index (χ0v) is 13.5. The zero-order chi connectivity index (χ0) is 13.9. The van der Waals surface area contributed by atoms with Crippen LogP contribution in [0.1, 0.15) is 37.1 Å². The average molecular weight is 312 g/mol. The Hall–Kier alpha value is -0.840. The van der Waals surface area contributed by atoms with Crippen LogP contribution in [0.3, 0.4) is 0 Å². The highest BCUT2D eigenvalue weighted by molar-refractivity contribution is 5.85. The summed E-state index contributed by atoms with van der Waals surface area (Å²) < 4.78 is 0. The van der Waals surface area contributed by atoms with Crippen molar-refractivity contribution in [2.75, 3.05) is 19.6 Å². The van der Waals surface area contributed by atoms with Gasteiger partial charge in [-0.3, -0.25) is 9.88 Å². The number of aromatic nitrogens is 1. The number of nitrogens with one attached hydrogen (secondary N) is 1. The topological polar surface area (TPSA) is 48.4 Å². The van der Waals surface area contributed by atoms with E-state index in [2.05, 4.69) is 15.2 Å². The predicted octanol–water partition coefficient (Wildman–Crippen LogP) is 2.48. The Morgan fingerprint density at radius 2 is 1.95 bits per heavy atom. The number of piperidine rings is 1. The molecule has 1 aliphatic heterocycles. The van der Waals surface area contributed by atoms with Crippen LogP contribution in [-0.4, -0.2) is 40.7 Å². The minimum Gasteiger partial charge on any atom is -0.506 e. The molecule has 118 valence electrons. The second-order valence-corrected chi connectivity index (χ2v) is 6.32. The third kappa shape index (κ3) is 4.83. The van der Waals surface area contributed by atoms with Crippen LogP contribution in [0.2, 0.25) is 0 Å². The third-order valence-corrected chi connectivity index (χ3v) is 4.44. The Morgan fingerprint density at radius 3 is 2.62 bits per heavy atom. The largest absolute Gasteiger partial charge is 0.506 e. The molecule has 1 aliphatic carbocycles. The first-order valence-electron chi connectivity index (χ1n) is 7.82. The number of hydrogen-bond acceptors (Lipinski definition) is 4. The maximum Gasteiger partial charge on any atom is 0.138 e. The van der Waals surface area contributed by atoms with Crippen LogP contribution in [0, 0.1) is 12.8 Å². The molecule has 0 amide bonds. The number of hydrogen-bond donors (Lipinski definition) is 2. The van der Waals surface area contributed by atoms with Gasteiger partial charge in [0, 0.05) is 31.4 Å². The second-order valence-electron chi connectivity index (χ2n) is 6.32. The Morgan fingerprint density at radius 1 is 1.24 bits per heavy atom. The molecule has 2 N–H and O–H groups in total. The highest BCUT2D eigenvalue weighted by Gasteiger charge is 2.24. The lowest BCUT2D eigenvalue weighted by atomic mass is 10.0. The van der Waals surface area contributed by atoms with Crippen molar-refractivity contribution in [3.8, 4) is 5.75 Å². The van der Waals surface area contributed by atoms with E-state index in [-0.39, 0.29) is 12.4 Å². The van der Waals surface area contributed by atoms with Crippen molar-refractivity contribution in [1.29, 1.82) is 0 Å². The van der Waals surface area contributed by atoms with E-state index in [9.17, 15) is 5.11 Å². The van der Waals surface area contributed by atoms with Gasteiger partial charge in [-0.05, 0) is 57.2 Å². The van der Waals surface area contributed by atoms with Gasteiger partial charge in [0.1, 0.15) is 5.75 Å². The van der Waals surface area contributed by atoms with Crippen LogP contribution in [0.15, 0.2) is 12.1 Å². The number of likely N-dealkylation sites (tertiary alicyclic amines) is 1. The summed E-state index contributed by atoms with van der Waals surface area (Å²) in [6, 6.07) is 4.29. The van der Waals surface area contributed by atoms with Crippen LogP contribution in [0.25, 0.3) is 0 Å². The van der Waals surface area contributed by atoms with E-state index in [1.807, 2.05) is 13.0 Å². The molecule has 0 atom stereocenters. The fourth-order valence-electron chi connectivity index (χ4n) is 2.88. The third-order valence-electron chi connectivity index (χ3n) is 4.44. The average Bonchev–Trinajstić information content (AvgIpc) is 3.26. The fraction of sp³-hybridized carbons (Fsp3) is 0.688. The molecule has 0 spiro atoms. The molecule has 5 heteroatoms. The molecule has 0 unspecified atom stereocenters. The van der Waals surface area contributed by atoms with Crippen LogP contribution >= 0.6 is 12.4 Å². The summed E-state index contributed by atoms with van der Waals surface area (Å²) in [6.45, 7) is 6.14. The van der Waals surface area contributed by atoms with Gasteiger partial charge in [0.25, 0.3) is 0 Å². The molecule has 3 rings (SSSR count). The van der Waals surface area contributed by atoms with Crippen molar-refractivity contribution in [2.45, 2.75) is 45.2 Å². The summed E-state index contributed by atoms with van der Waals surface area (Å²) >= 11 is 0. The molecular formula is C16H26ClN3O. The van der Waals surface area contributed by atoms with Gasteiger partial charge in [-0.1, -0.05) is 0 Å². The van der Waals surface area contributed by atoms with E-state index < -0.39 is 0 Å². The smallest absolute Gasteiger partial charge is 0.138 e. The lowest BCUT2D eigenvalue weighted by Gasteiger charge is -2.32. The summed E-state index contributed by atoms with van der Waals surface area (Å²) in [7, 11) is 0. The van der Waals surface area contributed by atoms with E-state index in [1.54, 1.807) is 6.07 Å². The standard InChI is InChI=1S/C16H25N3O.ClH/c1-12-2-5-16(20)15(18-12)11-19-8-6-14(7-9-19)17-10-13-3-4-13;/h2,5,13-14,17,20H,3-4,6-11H2,1H3;1H. The van der Waals surface area contributed by atoms with Crippen LogP contribution in [-0.2, 0) is 6.54 Å². The zero-order valence-electron chi connectivity index (χ0n) is 12.7. The van der Waals surface area contributed by atoms with Crippen molar-refractivity contribution >= 4 is 12.4 Å². The van der Waals surface area contributed by atoms with Gasteiger partial charge in [-0.25, -0.2) is 0 Å². The van der Waals surface area contributed by atoms with Gasteiger partial charge < -0.3 is 10.4 Å². The minimum absolute atomic E-state index is 0. The second kappa shape index (κ2) is 7.43. The molecule has 1 saturated heterocycles. The molecule has 2 heterocycles. The normalized spacial score (nSPS) is 20.2. The quantitative estimate of drug-likeness (QED) is 0.877. The number of aryl methyl sites for hydroxylation is 1. The summed E-state index contributed by atoms with van der Waals surface area (Å²) in [5.74, 6) is 1.28. The van der Waals surface area contributed by atoms with Gasteiger partial charge in [0.15, 0.2) is 0 Å². The van der Waals surface area contributed by atoms with E-state index in [0.29, 0.717) is 11.8 Å². The van der Waals surface area contributed by atoms with Crippen molar-refractivity contribution < 1.29 is 5.11 Å². The first-order chi connectivity index (χ1) is 9.70. The highest BCUT2D eigenvalue weighted by Crippen LogP contribution is 2.28. The van der Waals surface area contributed by atoms with Crippen molar-refractivity contribution in [1.82, 2.24) is 15.2 Å². The van der Waals surface area contributed by atoms with Crippen molar-refractivity contribution in [2.24, 2.45) is 5.92 Å². The van der Waals surface area contributed by atoms with Crippen LogP contribution in [0.4, 0.5) is 0 Å². The molecule has 1 saturated carbocycles. The monoisotopic (exact) mass is 311 g/mol. The predicted molar refractivity (Wildman–Crippen MR) is 86.9 cm³/mol. The Balaban J connectivity index is 0.00000161. The molecule has 1 aromatic heterocycles. The van der Waals surface area contributed by atoms with E-state index in [4.69, 9.17) is 0 Å². The Kier molecular flexibility index (Phi) is 5.85. The molecule has 0 bridgehead atoms. The van der Waals surface area contributed by atoms with Gasteiger partial charge in [-0.15, -0.1) is 12.4 Å². The van der Waals surface area contributed by atoms with Crippen molar-refractivity contribution in [3.63, 3.8) is 0 Å². The Bertz CT molecular complexity index is 457. The lowest BCUT2D eigenvalue weighted by molar-refractivity contribution is 0.186. The Labute approximate surface area is 133 Å². The van der Waals surface area contributed by atoms with Crippen molar-refractivity contribution in [3.05, 3.63) is 23.5 Å². The molecule has 0 radical (unpaired) electrons. The molecule has 21 heavy (non-hydrogen) atoms. The minimum atomic E-state index is 0. The highest BCUT2D eigenvalue weighted by atomic mass is 35.5. The number of pyridine rings is 1. The van der Waals surface area contributed by atoms with Gasteiger partial charge >= 0.3 is 0 Å². The first-order valence-corrected chi connectivity index (χ1v) is 7.82. The summed E-state index contributed by atoms with van der Waals surface area (Å²) in [5, 5.41) is 13.6. The molecular weight excluding hydrogens is 286 g/mol. The van der Waals surface area contributed by atoms with E-state index in [1.165, 1.54) is 32.2 Å². The van der Waals surface area contributed by atoms with Crippen LogP contribution < -0.4 is 5.32 Å². The molecule has 4 nitrogen and oxygen atoms in total. The lowest BCUT2D eigenvalue weighted by Crippen LogP contribution is -2.42. The summed E-state index contributed by atoms with van der Waals surface area (Å²) in [6.07, 6.45) is 5.26. The molecule has 1 aromatic rings. The number of nitrogens with zero attached hydrogens (tertiary/aromatic N) is 2. The fourth-order valence-corrected chi connectivity index (χ4v) is 2.88. The maximum atomic E-state index is 9.87. The van der Waals surface area contributed by atoms with E-state index in [0.717, 1.165) is 36.9 Å². The molecule has 0 aromatic carbocycles. The van der Waals surface area contributed by atoms with Crippen LogP contribution in [0.5, 0.6) is 5.75 Å². The summed E-state index contributed by atoms with van der Waals surface area (Å²) in [5.41, 5.74) is 1.79.